The average molecular weight is 338 g/mol. The van der Waals surface area contributed by atoms with Crippen molar-refractivity contribution in [3.63, 3.8) is 0 Å². The third kappa shape index (κ3) is 2.91. The molecular weight excluding hydrogens is 325 g/mol. The number of amides is 1. The molecule has 108 valence electrons. The topological polar surface area (TPSA) is 20.3 Å². The molecule has 2 aromatic carbocycles. The summed E-state index contributed by atoms with van der Waals surface area (Å²) in [6.07, 6.45) is 0. The summed E-state index contributed by atoms with van der Waals surface area (Å²) in [6.45, 7) is 2.05. The van der Waals surface area contributed by atoms with Crippen molar-refractivity contribution in [3.05, 3.63) is 63.6 Å². The van der Waals surface area contributed by atoms with Gasteiger partial charge in [0.05, 0.1) is 15.8 Å². The highest BCUT2D eigenvalue weighted by Gasteiger charge is 2.34. The predicted molar refractivity (Wildman–Crippen MR) is 90.3 cm³/mol. The quantitative estimate of drug-likeness (QED) is 0.761. The molecule has 1 saturated heterocycles. The van der Waals surface area contributed by atoms with Crippen molar-refractivity contribution >= 4 is 46.6 Å². The molecular formula is C16H13Cl2NOS. The van der Waals surface area contributed by atoms with Crippen LogP contribution in [0.25, 0.3) is 0 Å². The van der Waals surface area contributed by atoms with Gasteiger partial charge in [0.15, 0.2) is 0 Å². The lowest BCUT2D eigenvalue weighted by Gasteiger charge is -2.24. The van der Waals surface area contributed by atoms with E-state index < -0.39 is 0 Å². The van der Waals surface area contributed by atoms with Crippen molar-refractivity contribution in [2.24, 2.45) is 0 Å². The largest absolute Gasteiger partial charge is 0.295 e. The van der Waals surface area contributed by atoms with E-state index in [0.29, 0.717) is 15.8 Å². The zero-order valence-corrected chi connectivity index (χ0v) is 13.7. The molecule has 1 aliphatic rings. The fraction of sp³-hybridized carbons (Fsp3) is 0.188. The lowest BCUT2D eigenvalue weighted by molar-refractivity contribution is -0.115. The highest BCUT2D eigenvalue weighted by atomic mass is 35.5. The number of carbonyl (C=O) groups is 1. The molecule has 0 saturated carbocycles. The summed E-state index contributed by atoms with van der Waals surface area (Å²) in [5.74, 6) is 0.558. The van der Waals surface area contributed by atoms with Crippen molar-refractivity contribution in [3.8, 4) is 0 Å². The fourth-order valence-electron chi connectivity index (χ4n) is 2.32. The van der Waals surface area contributed by atoms with Gasteiger partial charge >= 0.3 is 0 Å². The molecule has 5 heteroatoms. The SMILES string of the molecule is Cc1ccc([C@H]2SCC(=O)N2c2ccc(Cl)c(Cl)c2)cc1. The number of rotatable bonds is 2. The molecule has 0 bridgehead atoms. The molecule has 21 heavy (non-hydrogen) atoms. The van der Waals surface area contributed by atoms with Gasteiger partial charge in [-0.3, -0.25) is 9.69 Å². The third-order valence-electron chi connectivity index (χ3n) is 3.41. The monoisotopic (exact) mass is 337 g/mol. The lowest BCUT2D eigenvalue weighted by atomic mass is 10.1. The maximum atomic E-state index is 12.3. The Morgan fingerprint density at radius 3 is 2.48 bits per heavy atom. The number of halogens is 2. The molecule has 1 atom stereocenters. The number of carbonyl (C=O) groups excluding carboxylic acids is 1. The summed E-state index contributed by atoms with van der Waals surface area (Å²) in [5, 5.41) is 0.934. The second kappa shape index (κ2) is 5.91. The van der Waals surface area contributed by atoms with Crippen molar-refractivity contribution in [1.29, 1.82) is 0 Å². The van der Waals surface area contributed by atoms with Gasteiger partial charge in [-0.2, -0.15) is 0 Å². The second-order valence-electron chi connectivity index (χ2n) is 4.94. The highest BCUT2D eigenvalue weighted by molar-refractivity contribution is 8.00. The standard InChI is InChI=1S/C16H13Cl2NOS/c1-10-2-4-11(5-3-10)16-19(15(20)9-21-16)12-6-7-13(17)14(18)8-12/h2-8,16H,9H2,1H3/t16-/m1/s1. The number of aryl methyl sites for hydroxylation is 1. The van der Waals surface area contributed by atoms with E-state index in [-0.39, 0.29) is 11.3 Å². The van der Waals surface area contributed by atoms with Crippen LogP contribution in [0.15, 0.2) is 42.5 Å². The number of nitrogens with zero attached hydrogens (tertiary/aromatic N) is 1. The Hall–Kier alpha value is -1.16. The molecule has 0 aliphatic carbocycles. The molecule has 1 aliphatic heterocycles. The minimum atomic E-state index is -0.0182. The predicted octanol–water partition coefficient (Wildman–Crippen LogP) is 5.08. The average Bonchev–Trinajstić information content (AvgIpc) is 2.85. The number of hydrogen-bond donors (Lipinski definition) is 0. The van der Waals surface area contributed by atoms with E-state index >= 15 is 0 Å². The van der Waals surface area contributed by atoms with Crippen LogP contribution in [-0.4, -0.2) is 11.7 Å². The first-order chi connectivity index (χ1) is 10.1. The molecule has 1 heterocycles. The molecule has 2 nitrogen and oxygen atoms in total. The molecule has 0 aromatic heterocycles. The van der Waals surface area contributed by atoms with Crippen LogP contribution >= 0.6 is 35.0 Å². The van der Waals surface area contributed by atoms with Gasteiger partial charge in [0.25, 0.3) is 0 Å². The van der Waals surface area contributed by atoms with Gasteiger partial charge < -0.3 is 0 Å². The maximum absolute atomic E-state index is 12.3. The van der Waals surface area contributed by atoms with Gasteiger partial charge in [-0.15, -0.1) is 11.8 Å². The van der Waals surface area contributed by atoms with Gasteiger partial charge in [-0.25, -0.2) is 0 Å². The van der Waals surface area contributed by atoms with Gasteiger partial charge in [-0.1, -0.05) is 53.0 Å². The Morgan fingerprint density at radius 1 is 1.10 bits per heavy atom. The third-order valence-corrected chi connectivity index (χ3v) is 5.36. The summed E-state index contributed by atoms with van der Waals surface area (Å²) in [7, 11) is 0. The molecule has 3 rings (SSSR count). The minimum absolute atomic E-state index is 0.0182. The smallest absolute Gasteiger partial charge is 0.238 e. The molecule has 0 unspecified atom stereocenters. The van der Waals surface area contributed by atoms with E-state index in [1.807, 2.05) is 13.0 Å². The van der Waals surface area contributed by atoms with Crippen LogP contribution in [0.4, 0.5) is 5.69 Å². The van der Waals surface area contributed by atoms with E-state index in [2.05, 4.69) is 24.3 Å². The van der Waals surface area contributed by atoms with Gasteiger partial charge in [0, 0.05) is 5.69 Å². The maximum Gasteiger partial charge on any atom is 0.238 e. The summed E-state index contributed by atoms with van der Waals surface area (Å²) < 4.78 is 0. The first-order valence-corrected chi connectivity index (χ1v) is 8.32. The summed E-state index contributed by atoms with van der Waals surface area (Å²) in [4.78, 5) is 14.0. The van der Waals surface area contributed by atoms with Crippen LogP contribution in [0, 0.1) is 6.92 Å². The van der Waals surface area contributed by atoms with Crippen LogP contribution < -0.4 is 4.90 Å². The Bertz CT molecular complexity index is 687. The Kier molecular flexibility index (Phi) is 4.16. The number of thioether (sulfide) groups is 1. The number of hydrogen-bond acceptors (Lipinski definition) is 2. The van der Waals surface area contributed by atoms with Crippen molar-refractivity contribution < 1.29 is 4.79 Å². The first-order valence-electron chi connectivity index (χ1n) is 6.51. The van der Waals surface area contributed by atoms with Crippen LogP contribution in [0.1, 0.15) is 16.5 Å². The lowest BCUT2D eigenvalue weighted by Crippen LogP contribution is -2.27. The fourth-order valence-corrected chi connectivity index (χ4v) is 3.79. The Morgan fingerprint density at radius 2 is 1.81 bits per heavy atom. The number of anilines is 1. The molecule has 1 fully saturated rings. The summed E-state index contributed by atoms with van der Waals surface area (Å²) >= 11 is 13.7. The molecule has 0 radical (unpaired) electrons. The molecule has 1 amide bonds. The summed E-state index contributed by atoms with van der Waals surface area (Å²) in [5.41, 5.74) is 3.10. The highest BCUT2D eigenvalue weighted by Crippen LogP contribution is 2.42. The van der Waals surface area contributed by atoms with E-state index in [9.17, 15) is 4.79 Å². The van der Waals surface area contributed by atoms with Gasteiger partial charge in [0.1, 0.15) is 5.37 Å². The molecule has 0 spiro atoms. The zero-order chi connectivity index (χ0) is 15.0. The van der Waals surface area contributed by atoms with E-state index in [1.54, 1.807) is 28.8 Å². The van der Waals surface area contributed by atoms with Crippen LogP contribution in [0.2, 0.25) is 10.0 Å². The minimum Gasteiger partial charge on any atom is -0.295 e. The zero-order valence-electron chi connectivity index (χ0n) is 11.3. The van der Waals surface area contributed by atoms with E-state index in [1.165, 1.54) is 5.56 Å². The Balaban J connectivity index is 1.99. The second-order valence-corrected chi connectivity index (χ2v) is 6.82. The summed E-state index contributed by atoms with van der Waals surface area (Å²) in [6, 6.07) is 13.6. The van der Waals surface area contributed by atoms with Crippen molar-refractivity contribution in [1.82, 2.24) is 0 Å². The van der Waals surface area contributed by atoms with E-state index in [4.69, 9.17) is 23.2 Å². The van der Waals surface area contributed by atoms with Crippen molar-refractivity contribution in [2.45, 2.75) is 12.3 Å². The van der Waals surface area contributed by atoms with Crippen LogP contribution in [0.3, 0.4) is 0 Å². The Labute approximate surface area is 138 Å². The normalized spacial score (nSPS) is 18.3. The molecule has 2 aromatic rings. The van der Waals surface area contributed by atoms with Gasteiger partial charge in [-0.05, 0) is 30.7 Å². The van der Waals surface area contributed by atoms with Crippen molar-refractivity contribution in [2.75, 3.05) is 10.7 Å². The van der Waals surface area contributed by atoms with Gasteiger partial charge in [0.2, 0.25) is 5.91 Å². The first kappa shape index (κ1) is 14.8. The van der Waals surface area contributed by atoms with Crippen LogP contribution in [0.5, 0.6) is 0 Å². The number of benzene rings is 2. The van der Waals surface area contributed by atoms with E-state index in [0.717, 1.165) is 11.3 Å². The van der Waals surface area contributed by atoms with Crippen LogP contribution in [-0.2, 0) is 4.79 Å². The molecule has 0 N–H and O–H groups in total.